The van der Waals surface area contributed by atoms with E-state index in [1.165, 1.54) is 36.4 Å². The zero-order valence-corrected chi connectivity index (χ0v) is 14.4. The van der Waals surface area contributed by atoms with E-state index in [1.54, 1.807) is 0 Å². The maximum atomic E-state index is 12.7. The number of carbonyl (C=O) groups is 2. The average Bonchev–Trinajstić information content (AvgIpc) is 2.60. The van der Waals surface area contributed by atoms with Crippen molar-refractivity contribution in [3.63, 3.8) is 0 Å². The minimum Gasteiger partial charge on any atom is -0.368 e. The molecule has 7 nitrogen and oxygen atoms in total. The van der Waals surface area contributed by atoms with E-state index in [-0.39, 0.29) is 23.2 Å². The second-order valence-corrected chi connectivity index (χ2v) is 5.99. The van der Waals surface area contributed by atoms with E-state index in [1.807, 2.05) is 0 Å². The van der Waals surface area contributed by atoms with Crippen LogP contribution >= 0.6 is 0 Å². The van der Waals surface area contributed by atoms with Gasteiger partial charge >= 0.3 is 6.18 Å². The highest BCUT2D eigenvalue weighted by molar-refractivity contribution is 5.87. The number of benzene rings is 2. The van der Waals surface area contributed by atoms with Gasteiger partial charge in [0.25, 0.3) is 5.69 Å². The minimum absolute atomic E-state index is 0.0984. The van der Waals surface area contributed by atoms with Crippen LogP contribution in [0, 0.1) is 10.1 Å². The van der Waals surface area contributed by atoms with Crippen LogP contribution in [0.1, 0.15) is 16.7 Å². The third-order valence-electron chi connectivity index (χ3n) is 3.91. The van der Waals surface area contributed by atoms with Crippen LogP contribution in [0.2, 0.25) is 0 Å². The van der Waals surface area contributed by atoms with E-state index < -0.39 is 40.9 Å². The van der Waals surface area contributed by atoms with E-state index in [0.29, 0.717) is 0 Å². The van der Waals surface area contributed by atoms with Crippen molar-refractivity contribution in [2.24, 2.45) is 5.73 Å². The summed E-state index contributed by atoms with van der Waals surface area (Å²) in [6.45, 7) is 0. The van der Waals surface area contributed by atoms with Gasteiger partial charge < -0.3 is 11.1 Å². The maximum absolute atomic E-state index is 12.7. The Morgan fingerprint density at radius 2 is 1.82 bits per heavy atom. The summed E-state index contributed by atoms with van der Waals surface area (Å²) in [6.07, 6.45) is -5.18. The van der Waals surface area contributed by atoms with Gasteiger partial charge in [-0.05, 0) is 11.6 Å². The van der Waals surface area contributed by atoms with Crippen molar-refractivity contribution < 1.29 is 27.7 Å². The van der Waals surface area contributed by atoms with E-state index >= 15 is 0 Å². The monoisotopic (exact) mass is 395 g/mol. The number of hydrogen-bond acceptors (Lipinski definition) is 4. The Morgan fingerprint density at radius 3 is 2.43 bits per heavy atom. The molecule has 0 saturated heterocycles. The van der Waals surface area contributed by atoms with Gasteiger partial charge in [-0.15, -0.1) is 0 Å². The maximum Gasteiger partial charge on any atom is 0.416 e. The van der Waals surface area contributed by atoms with Crippen LogP contribution in [-0.4, -0.2) is 22.8 Å². The number of halogens is 3. The SMILES string of the molecule is NC(=O)[C@H](Cc1ccccc1[N+](=O)[O-])NC(=O)Cc1cccc(C(F)(F)F)c1. The summed E-state index contributed by atoms with van der Waals surface area (Å²) >= 11 is 0. The topological polar surface area (TPSA) is 115 Å². The number of hydrogen-bond donors (Lipinski definition) is 2. The molecular weight excluding hydrogens is 379 g/mol. The Bertz CT molecular complexity index is 900. The van der Waals surface area contributed by atoms with Gasteiger partial charge in [-0.25, -0.2) is 0 Å². The average molecular weight is 395 g/mol. The van der Waals surface area contributed by atoms with E-state index in [9.17, 15) is 32.9 Å². The first kappa shape index (κ1) is 20.9. The number of primary amides is 1. The van der Waals surface area contributed by atoms with Crippen LogP contribution in [0.4, 0.5) is 18.9 Å². The second kappa shape index (κ2) is 8.51. The zero-order valence-electron chi connectivity index (χ0n) is 14.4. The van der Waals surface area contributed by atoms with Crippen molar-refractivity contribution in [3.05, 3.63) is 75.3 Å². The number of nitrogens with two attached hydrogens (primary N) is 1. The van der Waals surface area contributed by atoms with Crippen molar-refractivity contribution in [3.8, 4) is 0 Å². The fourth-order valence-corrected chi connectivity index (χ4v) is 2.59. The van der Waals surface area contributed by atoms with E-state index in [4.69, 9.17) is 5.73 Å². The number of nitro benzene ring substituents is 1. The van der Waals surface area contributed by atoms with Gasteiger partial charge in [0, 0.05) is 18.1 Å². The van der Waals surface area contributed by atoms with Gasteiger partial charge in [0.1, 0.15) is 6.04 Å². The van der Waals surface area contributed by atoms with Crippen molar-refractivity contribution in [1.29, 1.82) is 0 Å². The number of rotatable bonds is 7. The predicted octanol–water partition coefficient (Wildman–Crippen LogP) is 2.37. The zero-order chi connectivity index (χ0) is 20.9. The predicted molar refractivity (Wildman–Crippen MR) is 93.1 cm³/mol. The van der Waals surface area contributed by atoms with Gasteiger partial charge in [0.05, 0.1) is 16.9 Å². The Morgan fingerprint density at radius 1 is 1.14 bits per heavy atom. The fourth-order valence-electron chi connectivity index (χ4n) is 2.59. The largest absolute Gasteiger partial charge is 0.416 e. The smallest absolute Gasteiger partial charge is 0.368 e. The molecule has 0 aliphatic rings. The van der Waals surface area contributed by atoms with Gasteiger partial charge in [-0.3, -0.25) is 19.7 Å². The number of nitrogens with one attached hydrogen (secondary N) is 1. The molecule has 0 aromatic heterocycles. The Labute approximate surface area is 157 Å². The van der Waals surface area contributed by atoms with Crippen LogP contribution in [0.15, 0.2) is 48.5 Å². The number of amides is 2. The summed E-state index contributed by atoms with van der Waals surface area (Å²) in [5, 5.41) is 13.4. The molecule has 0 aliphatic carbocycles. The van der Waals surface area contributed by atoms with Crippen LogP contribution in [0.5, 0.6) is 0 Å². The lowest BCUT2D eigenvalue weighted by Crippen LogP contribution is -2.46. The fraction of sp³-hybridized carbons (Fsp3) is 0.222. The number of nitrogens with zero attached hydrogens (tertiary/aromatic N) is 1. The lowest BCUT2D eigenvalue weighted by atomic mass is 10.0. The third-order valence-corrected chi connectivity index (χ3v) is 3.91. The minimum atomic E-state index is -4.55. The summed E-state index contributed by atoms with van der Waals surface area (Å²) in [4.78, 5) is 34.2. The lowest BCUT2D eigenvalue weighted by Gasteiger charge is -2.16. The molecule has 0 unspecified atom stereocenters. The summed E-state index contributed by atoms with van der Waals surface area (Å²) in [5.41, 5.74) is 4.42. The summed E-state index contributed by atoms with van der Waals surface area (Å²) in [5.74, 6) is -1.66. The number of para-hydroxylation sites is 1. The summed E-state index contributed by atoms with van der Waals surface area (Å²) < 4.78 is 38.2. The van der Waals surface area contributed by atoms with Gasteiger partial charge in [-0.1, -0.05) is 36.4 Å². The molecule has 148 valence electrons. The molecule has 2 aromatic rings. The van der Waals surface area contributed by atoms with Gasteiger partial charge in [0.2, 0.25) is 11.8 Å². The first-order chi connectivity index (χ1) is 13.1. The molecule has 0 heterocycles. The van der Waals surface area contributed by atoms with Crippen molar-refractivity contribution >= 4 is 17.5 Å². The van der Waals surface area contributed by atoms with Crippen LogP contribution in [0.3, 0.4) is 0 Å². The van der Waals surface area contributed by atoms with Crippen LogP contribution in [0.25, 0.3) is 0 Å². The number of nitro groups is 1. The molecule has 10 heteroatoms. The molecule has 0 saturated carbocycles. The molecular formula is C18H16F3N3O4. The van der Waals surface area contributed by atoms with E-state index in [0.717, 1.165) is 12.1 Å². The van der Waals surface area contributed by atoms with Gasteiger partial charge in [0.15, 0.2) is 0 Å². The highest BCUT2D eigenvalue weighted by atomic mass is 19.4. The first-order valence-corrected chi connectivity index (χ1v) is 8.05. The quantitative estimate of drug-likeness (QED) is 0.553. The first-order valence-electron chi connectivity index (χ1n) is 8.05. The molecule has 3 N–H and O–H groups in total. The van der Waals surface area contributed by atoms with Crippen LogP contribution in [-0.2, 0) is 28.6 Å². The van der Waals surface area contributed by atoms with Crippen molar-refractivity contribution in [1.82, 2.24) is 5.32 Å². The Balaban J connectivity index is 2.12. The van der Waals surface area contributed by atoms with Crippen LogP contribution < -0.4 is 11.1 Å². The third kappa shape index (κ3) is 5.53. The van der Waals surface area contributed by atoms with Crippen molar-refractivity contribution in [2.45, 2.75) is 25.1 Å². The van der Waals surface area contributed by atoms with Crippen molar-refractivity contribution in [2.75, 3.05) is 0 Å². The second-order valence-electron chi connectivity index (χ2n) is 5.99. The molecule has 2 aromatic carbocycles. The number of carbonyl (C=O) groups excluding carboxylic acids is 2. The molecule has 28 heavy (non-hydrogen) atoms. The molecule has 0 radical (unpaired) electrons. The highest BCUT2D eigenvalue weighted by Crippen LogP contribution is 2.29. The number of alkyl halides is 3. The standard InChI is InChI=1S/C18H16F3N3O4/c19-18(20,21)13-6-3-4-11(8-13)9-16(25)23-14(17(22)26)10-12-5-1-2-7-15(12)24(27)28/h1-8,14H,9-10H2,(H2,22,26)(H,23,25)/t14-/m0/s1. The molecule has 0 bridgehead atoms. The molecule has 0 spiro atoms. The molecule has 0 aliphatic heterocycles. The summed E-state index contributed by atoms with van der Waals surface area (Å²) in [6, 6.07) is 8.63. The molecule has 0 fully saturated rings. The Kier molecular flexibility index (Phi) is 6.34. The summed E-state index contributed by atoms with van der Waals surface area (Å²) in [7, 11) is 0. The Hall–Kier alpha value is -3.43. The molecule has 2 amide bonds. The highest BCUT2D eigenvalue weighted by Gasteiger charge is 2.30. The van der Waals surface area contributed by atoms with E-state index in [2.05, 4.69) is 5.32 Å². The molecule has 1 atom stereocenters. The normalized spacial score (nSPS) is 12.2. The molecule has 2 rings (SSSR count). The lowest BCUT2D eigenvalue weighted by molar-refractivity contribution is -0.385. The van der Waals surface area contributed by atoms with Gasteiger partial charge in [-0.2, -0.15) is 13.2 Å².